The lowest BCUT2D eigenvalue weighted by Crippen LogP contribution is -2.19. The summed E-state index contributed by atoms with van der Waals surface area (Å²) >= 11 is 0. The van der Waals surface area contributed by atoms with Crippen molar-refractivity contribution in [1.82, 2.24) is 4.98 Å². The molecule has 3 heteroatoms. The van der Waals surface area contributed by atoms with E-state index in [4.69, 9.17) is 4.74 Å². The number of fused-ring (bicyclic) bond motifs is 1. The van der Waals surface area contributed by atoms with E-state index in [1.165, 1.54) is 0 Å². The number of aromatic nitrogens is 1. The van der Waals surface area contributed by atoms with Crippen LogP contribution in [0.1, 0.15) is 19.4 Å². The van der Waals surface area contributed by atoms with Crippen molar-refractivity contribution in [3.05, 3.63) is 17.8 Å². The molecule has 0 aliphatic carbocycles. The second kappa shape index (κ2) is 4.70. The van der Waals surface area contributed by atoms with Crippen molar-refractivity contribution in [2.75, 3.05) is 18.5 Å². The van der Waals surface area contributed by atoms with Crippen molar-refractivity contribution < 1.29 is 4.74 Å². The molecule has 72 valence electrons. The molecule has 0 saturated heterocycles. The number of nitrogens with zero attached hydrogens (tertiary/aromatic N) is 1. The zero-order valence-corrected chi connectivity index (χ0v) is 8.42. The Morgan fingerprint density at radius 1 is 1.46 bits per heavy atom. The summed E-state index contributed by atoms with van der Waals surface area (Å²) in [6.07, 6.45) is 1.79. The summed E-state index contributed by atoms with van der Waals surface area (Å²) in [4.78, 5) is 4.14. The van der Waals surface area contributed by atoms with Gasteiger partial charge in [0, 0.05) is 6.20 Å². The van der Waals surface area contributed by atoms with Crippen LogP contribution in [0.2, 0.25) is 0 Å². The number of hydrogen-bond donors (Lipinski definition) is 1. The Morgan fingerprint density at radius 3 is 2.92 bits per heavy atom. The van der Waals surface area contributed by atoms with Crippen LogP contribution in [0.25, 0.3) is 0 Å². The zero-order valence-electron chi connectivity index (χ0n) is 8.42. The molecule has 2 rings (SSSR count). The number of pyridine rings is 1. The number of anilines is 1. The maximum atomic E-state index is 5.43. The summed E-state index contributed by atoms with van der Waals surface area (Å²) in [5.74, 6) is 1.77. The van der Waals surface area contributed by atoms with E-state index in [1.54, 1.807) is 6.20 Å². The van der Waals surface area contributed by atoms with Gasteiger partial charge in [0.25, 0.3) is 0 Å². The predicted octanol–water partition coefficient (Wildman–Crippen LogP) is 2.22. The first-order valence-electron chi connectivity index (χ1n) is 4.70. The maximum Gasteiger partial charge on any atom is 0.169 e. The Morgan fingerprint density at radius 2 is 2.23 bits per heavy atom. The van der Waals surface area contributed by atoms with E-state index >= 15 is 0 Å². The zero-order chi connectivity index (χ0) is 9.68. The van der Waals surface area contributed by atoms with Crippen LogP contribution in [0.5, 0.6) is 5.75 Å². The molecule has 0 radical (unpaired) electrons. The largest absolute Gasteiger partial charge is 0.488 e. The molecule has 1 aliphatic rings. The third-order valence-electron chi connectivity index (χ3n) is 1.74. The Kier molecular flexibility index (Phi) is 3.55. The van der Waals surface area contributed by atoms with Gasteiger partial charge in [-0.2, -0.15) is 0 Å². The first-order chi connectivity index (χ1) is 6.38. The second-order valence-corrected chi connectivity index (χ2v) is 2.58. The summed E-state index contributed by atoms with van der Waals surface area (Å²) in [7, 11) is 0. The van der Waals surface area contributed by atoms with Gasteiger partial charge < -0.3 is 10.1 Å². The second-order valence-electron chi connectivity index (χ2n) is 2.58. The van der Waals surface area contributed by atoms with Crippen molar-refractivity contribution in [2.45, 2.75) is 20.8 Å². The Bertz CT molecular complexity index is 274. The summed E-state index contributed by atoms with van der Waals surface area (Å²) in [5.41, 5.74) is 1.14. The molecule has 1 aromatic rings. The Hall–Kier alpha value is -1.25. The van der Waals surface area contributed by atoms with Crippen molar-refractivity contribution in [2.24, 2.45) is 0 Å². The van der Waals surface area contributed by atoms with Crippen LogP contribution in [0, 0.1) is 6.92 Å². The minimum Gasteiger partial charge on any atom is -0.488 e. The van der Waals surface area contributed by atoms with Gasteiger partial charge in [0.15, 0.2) is 11.6 Å². The maximum absolute atomic E-state index is 5.43. The third-order valence-corrected chi connectivity index (χ3v) is 1.74. The highest BCUT2D eigenvalue weighted by molar-refractivity contribution is 5.55. The van der Waals surface area contributed by atoms with Crippen molar-refractivity contribution in [1.29, 1.82) is 0 Å². The Balaban J connectivity index is 0.000000396. The molecule has 0 fully saturated rings. The van der Waals surface area contributed by atoms with Gasteiger partial charge in [0.2, 0.25) is 0 Å². The van der Waals surface area contributed by atoms with Gasteiger partial charge >= 0.3 is 0 Å². The highest BCUT2D eigenvalue weighted by Gasteiger charge is 2.11. The van der Waals surface area contributed by atoms with Crippen molar-refractivity contribution in [3.8, 4) is 5.75 Å². The van der Waals surface area contributed by atoms with Crippen LogP contribution in [0.15, 0.2) is 12.3 Å². The van der Waals surface area contributed by atoms with E-state index in [0.29, 0.717) is 0 Å². The molecule has 2 heterocycles. The van der Waals surface area contributed by atoms with E-state index in [2.05, 4.69) is 10.3 Å². The lowest BCUT2D eigenvalue weighted by atomic mass is 10.2. The fourth-order valence-corrected chi connectivity index (χ4v) is 1.18. The first kappa shape index (κ1) is 9.84. The van der Waals surface area contributed by atoms with Crippen LogP contribution in [-0.2, 0) is 0 Å². The van der Waals surface area contributed by atoms with Gasteiger partial charge in [-0.25, -0.2) is 4.98 Å². The number of hydrogen-bond acceptors (Lipinski definition) is 3. The topological polar surface area (TPSA) is 34.1 Å². The minimum absolute atomic E-state index is 0.736. The summed E-state index contributed by atoms with van der Waals surface area (Å²) in [6.45, 7) is 7.61. The van der Waals surface area contributed by atoms with Crippen LogP contribution in [0.3, 0.4) is 0 Å². The normalized spacial score (nSPS) is 12.8. The van der Waals surface area contributed by atoms with Gasteiger partial charge in [-0.15, -0.1) is 0 Å². The summed E-state index contributed by atoms with van der Waals surface area (Å²) in [6, 6.07) is 1.95. The van der Waals surface area contributed by atoms with E-state index in [9.17, 15) is 0 Å². The van der Waals surface area contributed by atoms with E-state index in [1.807, 2.05) is 26.8 Å². The average Bonchev–Trinajstić information content (AvgIpc) is 2.22. The standard InChI is InChI=1S/C8H10N2O.C2H6/c1-6-2-3-9-8-7(6)11-5-4-10-8;1-2/h2-3H,4-5H2,1H3,(H,9,10);1-2H3. The lowest BCUT2D eigenvalue weighted by Gasteiger charge is -2.18. The van der Waals surface area contributed by atoms with Gasteiger partial charge in [0.05, 0.1) is 6.54 Å². The molecule has 0 bridgehead atoms. The number of aryl methyl sites for hydroxylation is 1. The summed E-state index contributed by atoms with van der Waals surface area (Å²) < 4.78 is 5.43. The van der Waals surface area contributed by atoms with E-state index < -0.39 is 0 Å². The number of rotatable bonds is 0. The van der Waals surface area contributed by atoms with Gasteiger partial charge in [0.1, 0.15) is 6.61 Å². The first-order valence-corrected chi connectivity index (χ1v) is 4.70. The fourth-order valence-electron chi connectivity index (χ4n) is 1.18. The molecular weight excluding hydrogens is 164 g/mol. The smallest absolute Gasteiger partial charge is 0.169 e. The van der Waals surface area contributed by atoms with Crippen LogP contribution >= 0.6 is 0 Å². The van der Waals surface area contributed by atoms with Crippen LogP contribution in [0.4, 0.5) is 5.82 Å². The minimum atomic E-state index is 0.736. The molecule has 0 unspecified atom stereocenters. The molecule has 0 spiro atoms. The van der Waals surface area contributed by atoms with Crippen LogP contribution in [-0.4, -0.2) is 18.1 Å². The fraction of sp³-hybridized carbons (Fsp3) is 0.500. The molecule has 1 N–H and O–H groups in total. The monoisotopic (exact) mass is 180 g/mol. The van der Waals surface area contributed by atoms with E-state index in [-0.39, 0.29) is 0 Å². The number of nitrogens with one attached hydrogen (secondary N) is 1. The lowest BCUT2D eigenvalue weighted by molar-refractivity contribution is 0.319. The van der Waals surface area contributed by atoms with Crippen molar-refractivity contribution >= 4 is 5.82 Å². The highest BCUT2D eigenvalue weighted by Crippen LogP contribution is 2.27. The van der Waals surface area contributed by atoms with Gasteiger partial charge in [-0.3, -0.25) is 0 Å². The Labute approximate surface area is 79.1 Å². The van der Waals surface area contributed by atoms with Gasteiger partial charge in [-0.1, -0.05) is 13.8 Å². The molecule has 13 heavy (non-hydrogen) atoms. The number of ether oxygens (including phenoxy) is 1. The average molecular weight is 180 g/mol. The third kappa shape index (κ3) is 2.11. The molecular formula is C10H16N2O. The quantitative estimate of drug-likeness (QED) is 0.664. The molecule has 1 aromatic heterocycles. The predicted molar refractivity (Wildman–Crippen MR) is 54.3 cm³/mol. The van der Waals surface area contributed by atoms with Crippen molar-refractivity contribution in [3.63, 3.8) is 0 Å². The molecule has 0 saturated carbocycles. The highest BCUT2D eigenvalue weighted by atomic mass is 16.5. The molecule has 3 nitrogen and oxygen atoms in total. The molecule has 0 amide bonds. The SMILES string of the molecule is CC.Cc1ccnc2c1OCCN2. The van der Waals surface area contributed by atoms with E-state index in [0.717, 1.165) is 30.3 Å². The molecule has 1 aliphatic heterocycles. The van der Waals surface area contributed by atoms with Crippen LogP contribution < -0.4 is 10.1 Å². The summed E-state index contributed by atoms with van der Waals surface area (Å²) in [5, 5.41) is 3.17. The van der Waals surface area contributed by atoms with Gasteiger partial charge in [-0.05, 0) is 18.6 Å². The molecule has 0 atom stereocenters. The molecule has 0 aromatic carbocycles.